The molecule has 1 aliphatic heterocycles. The monoisotopic (exact) mass is 338 g/mol. The van der Waals surface area contributed by atoms with E-state index >= 15 is 0 Å². The normalized spacial score (nSPS) is 16.5. The van der Waals surface area contributed by atoms with Gasteiger partial charge in [0.05, 0.1) is 13.2 Å². The summed E-state index contributed by atoms with van der Waals surface area (Å²) in [6.45, 7) is 1.06. The first kappa shape index (κ1) is 17.0. The zero-order valence-electron chi connectivity index (χ0n) is 14.3. The van der Waals surface area contributed by atoms with Crippen LogP contribution in [0, 0.1) is 0 Å². The van der Waals surface area contributed by atoms with Crippen molar-refractivity contribution in [2.75, 3.05) is 13.7 Å². The maximum absolute atomic E-state index is 12.8. The predicted octanol–water partition coefficient (Wildman–Crippen LogP) is 3.25. The smallest absolute Gasteiger partial charge is 0.318 e. The third-order valence-corrected chi connectivity index (χ3v) is 4.48. The Labute approximate surface area is 147 Å². The van der Waals surface area contributed by atoms with Gasteiger partial charge in [0.25, 0.3) is 0 Å². The van der Waals surface area contributed by atoms with Crippen LogP contribution in [-0.4, -0.2) is 36.4 Å². The number of carbonyl (C=O) groups is 2. The van der Waals surface area contributed by atoms with Crippen molar-refractivity contribution in [1.29, 1.82) is 0 Å². The topological polar surface area (TPSA) is 58.6 Å². The van der Waals surface area contributed by atoms with E-state index in [1.165, 1.54) is 0 Å². The molecule has 0 spiro atoms. The predicted molar refractivity (Wildman–Crippen MR) is 95.7 cm³/mol. The van der Waals surface area contributed by atoms with Gasteiger partial charge in [0.1, 0.15) is 5.75 Å². The van der Waals surface area contributed by atoms with E-state index in [0.717, 1.165) is 12.0 Å². The van der Waals surface area contributed by atoms with Gasteiger partial charge in [-0.3, -0.25) is 4.79 Å². The van der Waals surface area contributed by atoms with Crippen LogP contribution in [0.5, 0.6) is 5.75 Å². The average Bonchev–Trinajstić information content (AvgIpc) is 3.16. The van der Waals surface area contributed by atoms with Crippen LogP contribution in [0.3, 0.4) is 0 Å². The van der Waals surface area contributed by atoms with Crippen molar-refractivity contribution in [1.82, 2.24) is 10.2 Å². The van der Waals surface area contributed by atoms with Crippen LogP contribution in [0.4, 0.5) is 4.79 Å². The molecule has 130 valence electrons. The number of Topliss-reactive ketones (excluding diaryl/α,β-unsaturated/α-hetero) is 1. The molecule has 0 aliphatic carbocycles. The number of carbonyl (C=O) groups excluding carboxylic acids is 2. The van der Waals surface area contributed by atoms with Gasteiger partial charge in [-0.25, -0.2) is 4.79 Å². The fourth-order valence-electron chi connectivity index (χ4n) is 3.11. The average molecular weight is 338 g/mol. The molecule has 0 bridgehead atoms. The summed E-state index contributed by atoms with van der Waals surface area (Å²) in [5, 5.41) is 2.91. The highest BCUT2D eigenvalue weighted by Crippen LogP contribution is 2.22. The van der Waals surface area contributed by atoms with Crippen molar-refractivity contribution < 1.29 is 14.3 Å². The first-order valence-corrected chi connectivity index (χ1v) is 8.45. The molecule has 25 heavy (non-hydrogen) atoms. The Morgan fingerprint density at radius 2 is 1.84 bits per heavy atom. The largest absolute Gasteiger partial charge is 0.497 e. The zero-order valence-corrected chi connectivity index (χ0v) is 14.3. The molecule has 1 saturated heterocycles. The van der Waals surface area contributed by atoms with E-state index in [4.69, 9.17) is 4.74 Å². The summed E-state index contributed by atoms with van der Waals surface area (Å²) in [5.74, 6) is 0.690. The third-order valence-electron chi connectivity index (χ3n) is 4.48. The first-order chi connectivity index (χ1) is 12.2. The summed E-state index contributed by atoms with van der Waals surface area (Å²) < 4.78 is 5.12. The van der Waals surface area contributed by atoms with E-state index in [1.54, 1.807) is 36.3 Å². The van der Waals surface area contributed by atoms with Gasteiger partial charge in [-0.05, 0) is 42.7 Å². The van der Waals surface area contributed by atoms with Crippen LogP contribution in [0.25, 0.3) is 0 Å². The van der Waals surface area contributed by atoms with Gasteiger partial charge in [-0.2, -0.15) is 0 Å². The SMILES string of the molecule is COc1ccc(C(=O)C2CCCN2C(=O)NCc2ccccc2)cc1. The molecule has 0 radical (unpaired) electrons. The van der Waals surface area contributed by atoms with Crippen LogP contribution < -0.4 is 10.1 Å². The number of benzene rings is 2. The number of ether oxygens (including phenoxy) is 1. The molecule has 1 fully saturated rings. The molecule has 2 aromatic rings. The fourth-order valence-corrected chi connectivity index (χ4v) is 3.11. The summed E-state index contributed by atoms with van der Waals surface area (Å²) in [7, 11) is 1.59. The molecule has 2 amide bonds. The molecule has 1 unspecified atom stereocenters. The van der Waals surface area contributed by atoms with Crippen LogP contribution in [0.15, 0.2) is 54.6 Å². The highest BCUT2D eigenvalue weighted by Gasteiger charge is 2.34. The number of hydrogen-bond donors (Lipinski definition) is 1. The number of methoxy groups -OCH3 is 1. The van der Waals surface area contributed by atoms with E-state index in [-0.39, 0.29) is 11.8 Å². The van der Waals surface area contributed by atoms with Gasteiger partial charge in [0.2, 0.25) is 0 Å². The number of nitrogens with one attached hydrogen (secondary N) is 1. The third kappa shape index (κ3) is 3.99. The maximum atomic E-state index is 12.8. The molecule has 0 aromatic heterocycles. The Morgan fingerprint density at radius 3 is 2.52 bits per heavy atom. The van der Waals surface area contributed by atoms with E-state index in [1.807, 2.05) is 30.3 Å². The molecule has 1 N–H and O–H groups in total. The molecule has 0 saturated carbocycles. The fraction of sp³-hybridized carbons (Fsp3) is 0.300. The maximum Gasteiger partial charge on any atom is 0.318 e. The lowest BCUT2D eigenvalue weighted by Gasteiger charge is -2.24. The van der Waals surface area contributed by atoms with E-state index in [2.05, 4.69) is 5.32 Å². The molecule has 2 aromatic carbocycles. The van der Waals surface area contributed by atoms with E-state index in [9.17, 15) is 9.59 Å². The molecular formula is C20H22N2O3. The highest BCUT2D eigenvalue weighted by atomic mass is 16.5. The minimum atomic E-state index is -0.399. The number of urea groups is 1. The second-order valence-electron chi connectivity index (χ2n) is 6.09. The quantitative estimate of drug-likeness (QED) is 0.852. The van der Waals surface area contributed by atoms with Crippen molar-refractivity contribution in [3.63, 3.8) is 0 Å². The van der Waals surface area contributed by atoms with Crippen molar-refractivity contribution in [2.24, 2.45) is 0 Å². The number of ketones is 1. The lowest BCUT2D eigenvalue weighted by molar-refractivity contribution is 0.0887. The first-order valence-electron chi connectivity index (χ1n) is 8.45. The second-order valence-corrected chi connectivity index (χ2v) is 6.09. The molecule has 1 atom stereocenters. The van der Waals surface area contributed by atoms with Crippen molar-refractivity contribution in [2.45, 2.75) is 25.4 Å². The van der Waals surface area contributed by atoms with Crippen LogP contribution in [-0.2, 0) is 6.54 Å². The van der Waals surface area contributed by atoms with Gasteiger partial charge in [0, 0.05) is 18.7 Å². The number of nitrogens with zero attached hydrogens (tertiary/aromatic N) is 1. The van der Waals surface area contributed by atoms with E-state index in [0.29, 0.717) is 30.8 Å². The van der Waals surface area contributed by atoms with Gasteiger partial charge in [-0.1, -0.05) is 30.3 Å². The van der Waals surface area contributed by atoms with Gasteiger partial charge in [0.15, 0.2) is 5.78 Å². The Balaban J connectivity index is 1.64. The van der Waals surface area contributed by atoms with Crippen LogP contribution >= 0.6 is 0 Å². The van der Waals surface area contributed by atoms with Gasteiger partial charge < -0.3 is 15.0 Å². The molecule has 5 nitrogen and oxygen atoms in total. The standard InChI is InChI=1S/C20H22N2O3/c1-25-17-11-9-16(10-12-17)19(23)18-8-5-13-22(18)20(24)21-14-15-6-3-2-4-7-15/h2-4,6-7,9-12,18H,5,8,13-14H2,1H3,(H,21,24). The number of hydrogen-bond acceptors (Lipinski definition) is 3. The van der Waals surface area contributed by atoms with Crippen molar-refractivity contribution >= 4 is 11.8 Å². The van der Waals surface area contributed by atoms with Crippen LogP contribution in [0.1, 0.15) is 28.8 Å². The van der Waals surface area contributed by atoms with E-state index < -0.39 is 6.04 Å². The van der Waals surface area contributed by atoms with Gasteiger partial charge in [-0.15, -0.1) is 0 Å². The van der Waals surface area contributed by atoms with Crippen molar-refractivity contribution in [3.8, 4) is 5.75 Å². The van der Waals surface area contributed by atoms with Crippen molar-refractivity contribution in [3.05, 3.63) is 65.7 Å². The number of rotatable bonds is 5. The second kappa shape index (κ2) is 7.83. The number of likely N-dealkylation sites (tertiary alicyclic amines) is 1. The molecular weight excluding hydrogens is 316 g/mol. The molecule has 5 heteroatoms. The summed E-state index contributed by atoms with van der Waals surface area (Å²) >= 11 is 0. The Hall–Kier alpha value is -2.82. The lowest BCUT2D eigenvalue weighted by Crippen LogP contribution is -2.45. The molecule has 3 rings (SSSR count). The molecule has 1 heterocycles. The highest BCUT2D eigenvalue weighted by molar-refractivity contribution is 6.02. The lowest BCUT2D eigenvalue weighted by atomic mass is 10.0. The summed E-state index contributed by atoms with van der Waals surface area (Å²) in [6, 6.07) is 16.2. The summed E-state index contributed by atoms with van der Waals surface area (Å²) in [6.07, 6.45) is 1.54. The van der Waals surface area contributed by atoms with Crippen LogP contribution in [0.2, 0.25) is 0 Å². The summed E-state index contributed by atoms with van der Waals surface area (Å²) in [5.41, 5.74) is 1.64. The molecule has 1 aliphatic rings. The Kier molecular flexibility index (Phi) is 5.33. The minimum absolute atomic E-state index is 0.0185. The Morgan fingerprint density at radius 1 is 1.12 bits per heavy atom. The summed E-state index contributed by atoms with van der Waals surface area (Å²) in [4.78, 5) is 26.9. The zero-order chi connectivity index (χ0) is 17.6. The van der Waals surface area contributed by atoms with Gasteiger partial charge >= 0.3 is 6.03 Å². The minimum Gasteiger partial charge on any atom is -0.497 e. The number of amides is 2. The Bertz CT molecular complexity index is 728.